The number of imidazole rings is 1. The molecule has 0 spiro atoms. The Balaban J connectivity index is 1.72. The summed E-state index contributed by atoms with van der Waals surface area (Å²) in [7, 11) is -1.96. The van der Waals surface area contributed by atoms with E-state index < -0.39 is 10.0 Å². The first-order chi connectivity index (χ1) is 13.1. The fourth-order valence-corrected chi connectivity index (χ4v) is 5.03. The molecule has 0 saturated carbocycles. The zero-order chi connectivity index (χ0) is 20.1. The molecule has 0 unspecified atom stereocenters. The Kier molecular flexibility index (Phi) is 4.43. The molecule has 7 nitrogen and oxygen atoms in total. The Labute approximate surface area is 165 Å². The Morgan fingerprint density at radius 2 is 1.93 bits per heavy atom. The van der Waals surface area contributed by atoms with Crippen molar-refractivity contribution >= 4 is 10.0 Å². The van der Waals surface area contributed by atoms with Gasteiger partial charge in [-0.15, -0.1) is 0 Å². The fourth-order valence-electron chi connectivity index (χ4n) is 3.83. The van der Waals surface area contributed by atoms with Crippen LogP contribution in [0.2, 0.25) is 0 Å². The molecule has 1 N–H and O–H groups in total. The number of aryl methyl sites for hydroxylation is 2. The molecule has 0 aliphatic heterocycles. The first-order valence-corrected chi connectivity index (χ1v) is 10.8. The van der Waals surface area contributed by atoms with Crippen molar-refractivity contribution in [3.63, 3.8) is 0 Å². The van der Waals surface area contributed by atoms with Crippen LogP contribution in [-0.4, -0.2) is 27.7 Å². The third-order valence-corrected chi connectivity index (χ3v) is 6.57. The Hall–Kier alpha value is -2.45. The predicted molar refractivity (Wildman–Crippen MR) is 107 cm³/mol. The van der Waals surface area contributed by atoms with Crippen molar-refractivity contribution < 1.29 is 8.42 Å². The summed E-state index contributed by atoms with van der Waals surface area (Å²) in [6, 6.07) is 7.84. The predicted octanol–water partition coefficient (Wildman–Crippen LogP) is 2.91. The third-order valence-electron chi connectivity index (χ3n) is 5.21. The monoisotopic (exact) mass is 399 g/mol. The number of nitrogens with zero attached hydrogens (tertiary/aromatic N) is 4. The van der Waals surface area contributed by atoms with Crippen LogP contribution < -0.4 is 4.72 Å². The number of hydrogen-bond acceptors (Lipinski definition) is 4. The second kappa shape index (κ2) is 6.56. The van der Waals surface area contributed by atoms with E-state index in [1.54, 1.807) is 17.8 Å². The number of fused-ring (bicyclic) bond motifs is 1. The van der Waals surface area contributed by atoms with Crippen LogP contribution in [0.3, 0.4) is 0 Å². The van der Waals surface area contributed by atoms with Crippen LogP contribution in [0.15, 0.2) is 48.0 Å². The van der Waals surface area contributed by atoms with Crippen molar-refractivity contribution in [1.29, 1.82) is 0 Å². The van der Waals surface area contributed by atoms with Crippen LogP contribution in [0.1, 0.15) is 43.1 Å². The van der Waals surface area contributed by atoms with Crippen LogP contribution in [-0.2, 0) is 23.5 Å². The molecular formula is C20H25N5O2S. The Morgan fingerprint density at radius 3 is 2.57 bits per heavy atom. The van der Waals surface area contributed by atoms with Gasteiger partial charge in [0.2, 0.25) is 0 Å². The minimum absolute atomic E-state index is 0.0332. The standard InChI is InChI=1S/C20H25N5O2S/c1-14-5-7-15(8-6-14)25-18-10-20(2,3)9-17(16(18)11-22-25)23-28(26,27)19-12-24(4)13-21-19/h5-8,11-13,17,23H,9-10H2,1-4H3/t17-/m0/s1. The lowest BCUT2D eigenvalue weighted by Gasteiger charge is -2.35. The molecule has 0 saturated heterocycles. The molecule has 0 radical (unpaired) electrons. The number of sulfonamides is 1. The van der Waals surface area contributed by atoms with Gasteiger partial charge < -0.3 is 4.57 Å². The molecular weight excluding hydrogens is 374 g/mol. The van der Waals surface area contributed by atoms with Crippen molar-refractivity contribution in [3.8, 4) is 5.69 Å². The molecule has 0 fully saturated rings. The molecule has 0 amide bonds. The largest absolute Gasteiger partial charge is 0.339 e. The van der Waals surface area contributed by atoms with Gasteiger partial charge in [-0.05, 0) is 37.3 Å². The molecule has 1 atom stereocenters. The molecule has 1 aromatic carbocycles. The van der Waals surface area contributed by atoms with Gasteiger partial charge in [-0.25, -0.2) is 22.8 Å². The molecule has 1 aliphatic rings. The summed E-state index contributed by atoms with van der Waals surface area (Å²) in [6.45, 7) is 6.36. The summed E-state index contributed by atoms with van der Waals surface area (Å²) in [5.41, 5.74) is 4.09. The van der Waals surface area contributed by atoms with Crippen molar-refractivity contribution in [3.05, 3.63) is 59.8 Å². The molecule has 8 heteroatoms. The first-order valence-electron chi connectivity index (χ1n) is 9.29. The first kappa shape index (κ1) is 18.9. The maximum Gasteiger partial charge on any atom is 0.260 e. The summed E-state index contributed by atoms with van der Waals surface area (Å²) in [6.07, 6.45) is 6.31. The van der Waals surface area contributed by atoms with E-state index in [9.17, 15) is 8.42 Å². The number of benzene rings is 1. The second-order valence-electron chi connectivity index (χ2n) is 8.39. The van der Waals surface area contributed by atoms with E-state index in [0.717, 1.165) is 23.4 Å². The number of aromatic nitrogens is 4. The van der Waals surface area contributed by atoms with Crippen molar-refractivity contribution in [1.82, 2.24) is 24.1 Å². The maximum absolute atomic E-state index is 12.8. The van der Waals surface area contributed by atoms with Gasteiger partial charge in [0, 0.05) is 24.5 Å². The van der Waals surface area contributed by atoms with Gasteiger partial charge in [0.1, 0.15) is 0 Å². The van der Waals surface area contributed by atoms with Crippen LogP contribution in [0.4, 0.5) is 0 Å². The lowest BCUT2D eigenvalue weighted by molar-refractivity contribution is 0.268. The Bertz CT molecular complexity index is 1110. The summed E-state index contributed by atoms with van der Waals surface area (Å²) in [4.78, 5) is 4.00. The fraction of sp³-hybridized carbons (Fsp3) is 0.400. The number of nitrogens with one attached hydrogen (secondary N) is 1. The van der Waals surface area contributed by atoms with E-state index >= 15 is 0 Å². The van der Waals surface area contributed by atoms with Gasteiger partial charge in [-0.2, -0.15) is 5.10 Å². The average Bonchev–Trinajstić information content (AvgIpc) is 3.21. The lowest BCUT2D eigenvalue weighted by Crippen LogP contribution is -2.36. The maximum atomic E-state index is 12.8. The van der Waals surface area contributed by atoms with Gasteiger partial charge in [-0.3, -0.25) is 0 Å². The highest BCUT2D eigenvalue weighted by molar-refractivity contribution is 7.89. The van der Waals surface area contributed by atoms with Crippen LogP contribution in [0.25, 0.3) is 5.69 Å². The highest BCUT2D eigenvalue weighted by atomic mass is 32.2. The Morgan fingerprint density at radius 1 is 1.21 bits per heavy atom. The molecule has 2 heterocycles. The van der Waals surface area contributed by atoms with E-state index in [0.29, 0.717) is 6.42 Å². The third kappa shape index (κ3) is 3.49. The van der Waals surface area contributed by atoms with Gasteiger partial charge >= 0.3 is 0 Å². The van der Waals surface area contributed by atoms with Crippen LogP contribution in [0, 0.1) is 12.3 Å². The molecule has 4 rings (SSSR count). The minimum Gasteiger partial charge on any atom is -0.339 e. The smallest absolute Gasteiger partial charge is 0.260 e. The molecule has 148 valence electrons. The highest BCUT2D eigenvalue weighted by Crippen LogP contribution is 2.41. The number of hydrogen-bond donors (Lipinski definition) is 1. The summed E-state index contributed by atoms with van der Waals surface area (Å²) in [5.74, 6) is 0. The zero-order valence-electron chi connectivity index (χ0n) is 16.5. The second-order valence-corrected chi connectivity index (χ2v) is 10.1. The van der Waals surface area contributed by atoms with Gasteiger partial charge in [0.15, 0.2) is 5.03 Å². The average molecular weight is 400 g/mol. The SMILES string of the molecule is Cc1ccc(-n2ncc3c2CC(C)(C)C[C@@H]3NS(=O)(=O)c2cn(C)cn2)cc1. The van der Waals surface area contributed by atoms with Crippen LogP contribution >= 0.6 is 0 Å². The van der Waals surface area contributed by atoms with Gasteiger partial charge in [-0.1, -0.05) is 31.5 Å². The van der Waals surface area contributed by atoms with E-state index in [2.05, 4.69) is 40.8 Å². The topological polar surface area (TPSA) is 81.8 Å². The molecule has 0 bridgehead atoms. The summed E-state index contributed by atoms with van der Waals surface area (Å²) in [5, 5.41) is 4.62. The highest BCUT2D eigenvalue weighted by Gasteiger charge is 2.37. The van der Waals surface area contributed by atoms with Crippen molar-refractivity contribution in [2.24, 2.45) is 12.5 Å². The van der Waals surface area contributed by atoms with E-state index in [1.807, 2.05) is 23.7 Å². The van der Waals surface area contributed by atoms with E-state index in [1.165, 1.54) is 18.1 Å². The molecule has 3 aromatic rings. The van der Waals surface area contributed by atoms with Gasteiger partial charge in [0.05, 0.1) is 24.3 Å². The summed E-state index contributed by atoms with van der Waals surface area (Å²) < 4.78 is 32.1. The summed E-state index contributed by atoms with van der Waals surface area (Å²) >= 11 is 0. The quantitative estimate of drug-likeness (QED) is 0.731. The van der Waals surface area contributed by atoms with Crippen LogP contribution in [0.5, 0.6) is 0 Å². The molecule has 2 aromatic heterocycles. The van der Waals surface area contributed by atoms with Crippen molar-refractivity contribution in [2.75, 3.05) is 0 Å². The lowest BCUT2D eigenvalue weighted by atomic mass is 9.74. The normalized spacial score (nSPS) is 18.8. The van der Waals surface area contributed by atoms with E-state index in [-0.39, 0.29) is 16.5 Å². The van der Waals surface area contributed by atoms with Crippen molar-refractivity contribution in [2.45, 2.75) is 44.7 Å². The zero-order valence-corrected chi connectivity index (χ0v) is 17.4. The van der Waals surface area contributed by atoms with Gasteiger partial charge in [0.25, 0.3) is 10.0 Å². The van der Waals surface area contributed by atoms with E-state index in [4.69, 9.17) is 0 Å². The molecule has 28 heavy (non-hydrogen) atoms. The molecule has 1 aliphatic carbocycles. The minimum atomic E-state index is -3.71. The number of rotatable bonds is 4.